The van der Waals surface area contributed by atoms with Gasteiger partial charge in [0.05, 0.1) is 34.7 Å². The molecule has 1 amide bonds. The van der Waals surface area contributed by atoms with Crippen molar-refractivity contribution in [1.82, 2.24) is 19.9 Å². The first-order valence-electron chi connectivity index (χ1n) is 7.40. The van der Waals surface area contributed by atoms with Gasteiger partial charge in [0.25, 0.3) is 5.91 Å². The number of piperidine rings is 1. The molecule has 1 fully saturated rings. The predicted octanol–water partition coefficient (Wildman–Crippen LogP) is 2.89. The Morgan fingerprint density at radius 1 is 1.39 bits per heavy atom. The fourth-order valence-electron chi connectivity index (χ4n) is 2.60. The van der Waals surface area contributed by atoms with Crippen molar-refractivity contribution in [3.05, 3.63) is 33.0 Å². The van der Waals surface area contributed by atoms with Crippen molar-refractivity contribution in [1.29, 1.82) is 0 Å². The highest BCUT2D eigenvalue weighted by Gasteiger charge is 2.28. The van der Waals surface area contributed by atoms with Crippen LogP contribution in [0.2, 0.25) is 5.02 Å². The molecule has 0 bridgehead atoms. The molecule has 1 aliphatic rings. The zero-order valence-electron chi connectivity index (χ0n) is 13.0. The van der Waals surface area contributed by atoms with Crippen LogP contribution in [0.4, 0.5) is 0 Å². The molecule has 0 N–H and O–H groups in total. The topological polar surface area (TPSA) is 68.2 Å². The van der Waals surface area contributed by atoms with E-state index in [0.717, 1.165) is 30.1 Å². The molecular formula is C15H17ClN4O2S. The van der Waals surface area contributed by atoms with Crippen LogP contribution in [-0.4, -0.2) is 45.0 Å². The van der Waals surface area contributed by atoms with Crippen LogP contribution in [0.1, 0.15) is 33.2 Å². The van der Waals surface area contributed by atoms with Crippen molar-refractivity contribution in [3.63, 3.8) is 0 Å². The van der Waals surface area contributed by atoms with E-state index in [1.165, 1.54) is 23.7 Å². The number of hydrogen-bond acceptors (Lipinski definition) is 6. The van der Waals surface area contributed by atoms with Crippen LogP contribution >= 0.6 is 22.9 Å². The van der Waals surface area contributed by atoms with Gasteiger partial charge in [-0.15, -0.1) is 11.3 Å². The van der Waals surface area contributed by atoms with E-state index in [-0.39, 0.29) is 12.0 Å². The van der Waals surface area contributed by atoms with Gasteiger partial charge in [-0.25, -0.2) is 15.0 Å². The lowest BCUT2D eigenvalue weighted by atomic mass is 10.1. The Morgan fingerprint density at radius 2 is 2.13 bits per heavy atom. The molecule has 1 aliphatic heterocycles. The molecule has 0 aliphatic carbocycles. The van der Waals surface area contributed by atoms with Crippen LogP contribution in [0, 0.1) is 13.8 Å². The second-order valence-corrected chi connectivity index (χ2v) is 7.10. The van der Waals surface area contributed by atoms with E-state index in [2.05, 4.69) is 15.0 Å². The van der Waals surface area contributed by atoms with Crippen LogP contribution < -0.4 is 4.74 Å². The van der Waals surface area contributed by atoms with E-state index in [9.17, 15) is 4.79 Å². The molecule has 2 aromatic heterocycles. The van der Waals surface area contributed by atoms with Gasteiger partial charge < -0.3 is 9.64 Å². The number of aromatic nitrogens is 3. The summed E-state index contributed by atoms with van der Waals surface area (Å²) in [4.78, 5) is 27.6. The lowest BCUT2D eigenvalue weighted by molar-refractivity contribution is 0.0519. The molecular weight excluding hydrogens is 336 g/mol. The number of nitrogens with zero attached hydrogens (tertiary/aromatic N) is 4. The summed E-state index contributed by atoms with van der Waals surface area (Å²) in [6.45, 7) is 5.04. The van der Waals surface area contributed by atoms with Gasteiger partial charge in [0.2, 0.25) is 0 Å². The van der Waals surface area contributed by atoms with Gasteiger partial charge in [0.1, 0.15) is 11.0 Å². The van der Waals surface area contributed by atoms with Gasteiger partial charge in [-0.1, -0.05) is 11.6 Å². The average molecular weight is 353 g/mol. The molecule has 0 spiro atoms. The minimum atomic E-state index is -0.108. The number of thiazole rings is 1. The molecule has 1 saturated heterocycles. The fraction of sp³-hybridized carbons (Fsp3) is 0.467. The Balaban J connectivity index is 1.67. The Morgan fingerprint density at radius 3 is 2.78 bits per heavy atom. The third kappa shape index (κ3) is 3.79. The molecule has 3 heterocycles. The highest BCUT2D eigenvalue weighted by atomic mass is 35.5. The van der Waals surface area contributed by atoms with Crippen LogP contribution in [0.25, 0.3) is 0 Å². The van der Waals surface area contributed by atoms with Crippen LogP contribution in [-0.2, 0) is 0 Å². The first-order valence-corrected chi connectivity index (χ1v) is 8.60. The Bertz CT molecular complexity index is 704. The van der Waals surface area contributed by atoms with Crippen LogP contribution in [0.3, 0.4) is 0 Å². The third-order valence-electron chi connectivity index (χ3n) is 3.63. The molecule has 0 saturated carbocycles. The molecule has 1 atom stereocenters. The first kappa shape index (κ1) is 16.1. The fourth-order valence-corrected chi connectivity index (χ4v) is 3.59. The lowest BCUT2D eigenvalue weighted by Crippen LogP contribution is -2.44. The van der Waals surface area contributed by atoms with Gasteiger partial charge in [-0.05, 0) is 26.7 Å². The van der Waals surface area contributed by atoms with Gasteiger partial charge >= 0.3 is 6.01 Å². The number of rotatable bonds is 3. The van der Waals surface area contributed by atoms with Crippen molar-refractivity contribution < 1.29 is 9.53 Å². The Labute approximate surface area is 143 Å². The second kappa shape index (κ2) is 6.80. The third-order valence-corrected chi connectivity index (χ3v) is 4.89. The van der Waals surface area contributed by atoms with Crippen molar-refractivity contribution in [2.75, 3.05) is 13.1 Å². The summed E-state index contributed by atoms with van der Waals surface area (Å²) in [7, 11) is 0. The number of likely N-dealkylation sites (tertiary alicyclic amines) is 1. The van der Waals surface area contributed by atoms with E-state index >= 15 is 0 Å². The number of hydrogen-bond donors (Lipinski definition) is 0. The normalized spacial score (nSPS) is 18.0. The lowest BCUT2D eigenvalue weighted by Gasteiger charge is -2.32. The highest BCUT2D eigenvalue weighted by molar-refractivity contribution is 7.13. The quantitative estimate of drug-likeness (QED) is 0.849. The molecule has 122 valence electrons. The van der Waals surface area contributed by atoms with Gasteiger partial charge in [-0.2, -0.15) is 0 Å². The van der Waals surface area contributed by atoms with Crippen molar-refractivity contribution >= 4 is 28.8 Å². The molecule has 3 rings (SSSR count). The number of carbonyl (C=O) groups is 1. The van der Waals surface area contributed by atoms with Crippen LogP contribution in [0.5, 0.6) is 6.01 Å². The Kier molecular flexibility index (Phi) is 4.77. The summed E-state index contributed by atoms with van der Waals surface area (Å²) >= 11 is 7.21. The number of halogens is 1. The van der Waals surface area contributed by atoms with Crippen molar-refractivity contribution in [2.24, 2.45) is 0 Å². The van der Waals surface area contributed by atoms with Gasteiger partial charge in [0, 0.05) is 6.54 Å². The minimum Gasteiger partial charge on any atom is -0.458 e. The van der Waals surface area contributed by atoms with E-state index in [4.69, 9.17) is 16.3 Å². The van der Waals surface area contributed by atoms with E-state index < -0.39 is 0 Å². The minimum absolute atomic E-state index is 0.0263. The zero-order chi connectivity index (χ0) is 16.4. The molecule has 23 heavy (non-hydrogen) atoms. The molecule has 0 aromatic carbocycles. The number of amides is 1. The maximum absolute atomic E-state index is 12.7. The van der Waals surface area contributed by atoms with E-state index in [0.29, 0.717) is 22.5 Å². The molecule has 2 aromatic rings. The summed E-state index contributed by atoms with van der Waals surface area (Å²) in [5, 5.41) is 1.37. The monoisotopic (exact) mass is 352 g/mol. The van der Waals surface area contributed by atoms with Crippen LogP contribution in [0.15, 0.2) is 12.4 Å². The highest BCUT2D eigenvalue weighted by Crippen LogP contribution is 2.22. The van der Waals surface area contributed by atoms with E-state index in [1.807, 2.05) is 18.7 Å². The summed E-state index contributed by atoms with van der Waals surface area (Å²) < 4.78 is 5.78. The molecule has 0 radical (unpaired) electrons. The first-order chi connectivity index (χ1) is 11.0. The number of carbonyl (C=O) groups excluding carboxylic acids is 1. The number of ether oxygens (including phenoxy) is 1. The zero-order valence-corrected chi connectivity index (χ0v) is 14.5. The predicted molar refractivity (Wildman–Crippen MR) is 88.2 cm³/mol. The largest absolute Gasteiger partial charge is 0.458 e. The standard InChI is InChI=1S/C15H17ClN4O2S/c1-9-13(23-10(2)19-9)14(21)20-5-3-4-12(8-20)22-15-17-6-11(16)7-18-15/h6-7,12H,3-5,8H2,1-2H3. The summed E-state index contributed by atoms with van der Waals surface area (Å²) in [5.74, 6) is 0.0263. The summed E-state index contributed by atoms with van der Waals surface area (Å²) in [6.07, 6.45) is 4.65. The summed E-state index contributed by atoms with van der Waals surface area (Å²) in [5.41, 5.74) is 0.793. The van der Waals surface area contributed by atoms with Gasteiger partial charge in [-0.3, -0.25) is 4.79 Å². The van der Waals surface area contributed by atoms with E-state index in [1.54, 1.807) is 0 Å². The van der Waals surface area contributed by atoms with Crippen molar-refractivity contribution in [3.8, 4) is 6.01 Å². The smallest absolute Gasteiger partial charge is 0.316 e. The Hall–Kier alpha value is -1.73. The van der Waals surface area contributed by atoms with Crippen molar-refractivity contribution in [2.45, 2.75) is 32.8 Å². The SMILES string of the molecule is Cc1nc(C)c(C(=O)N2CCCC(Oc3ncc(Cl)cn3)C2)s1. The maximum Gasteiger partial charge on any atom is 0.316 e. The maximum atomic E-state index is 12.7. The molecule has 8 heteroatoms. The average Bonchev–Trinajstić information content (AvgIpc) is 2.88. The summed E-state index contributed by atoms with van der Waals surface area (Å²) in [6, 6.07) is 0.290. The van der Waals surface area contributed by atoms with Gasteiger partial charge in [0.15, 0.2) is 0 Å². The molecule has 6 nitrogen and oxygen atoms in total. The second-order valence-electron chi connectivity index (χ2n) is 5.46. The molecule has 1 unspecified atom stereocenters. The number of aryl methyl sites for hydroxylation is 2.